The first-order valence-corrected chi connectivity index (χ1v) is 4.04. The smallest absolute Gasteiger partial charge is 0.316 e. The van der Waals surface area contributed by atoms with Crippen molar-refractivity contribution in [1.82, 2.24) is 5.32 Å². The summed E-state index contributed by atoms with van der Waals surface area (Å²) in [4.78, 5) is 0. The molecule has 2 rings (SSSR count). The molecule has 2 fully saturated rings. The third-order valence-corrected chi connectivity index (χ3v) is 2.41. The minimum absolute atomic E-state index is 0.0880. The summed E-state index contributed by atoms with van der Waals surface area (Å²) in [5, 5.41) is 3.11. The molecule has 0 radical (unpaired) electrons. The van der Waals surface area contributed by atoms with E-state index in [1.54, 1.807) is 0 Å². The minimum Gasteiger partial charge on any atom is -0.316 e. The summed E-state index contributed by atoms with van der Waals surface area (Å²) >= 11 is 0. The van der Waals surface area contributed by atoms with E-state index in [1.165, 1.54) is 0 Å². The van der Waals surface area contributed by atoms with Gasteiger partial charge in [0.1, 0.15) is 0 Å². The van der Waals surface area contributed by atoms with Crippen molar-refractivity contribution in [3.05, 3.63) is 0 Å². The molecule has 0 aromatic heterocycles. The lowest BCUT2D eigenvalue weighted by molar-refractivity contribution is -0.387. The Kier molecular flexibility index (Phi) is 2.02. The summed E-state index contributed by atoms with van der Waals surface area (Å²) in [5.74, 6) is 0.358. The Hall–Kier alpha value is -0.260. The first-order valence-electron chi connectivity index (χ1n) is 4.04. The third-order valence-electron chi connectivity index (χ3n) is 2.41. The van der Waals surface area contributed by atoms with Crippen LogP contribution in [0.25, 0.3) is 0 Å². The van der Waals surface area contributed by atoms with Crippen LogP contribution in [0.15, 0.2) is 0 Å². The number of ether oxygens (including phenoxy) is 2. The van der Waals surface area contributed by atoms with Gasteiger partial charge in [-0.25, -0.2) is 0 Å². The number of halogens is 2. The zero-order chi connectivity index (χ0) is 8.60. The molecule has 5 heteroatoms. The molecule has 0 aromatic rings. The largest absolute Gasteiger partial charge is 0.485 e. The van der Waals surface area contributed by atoms with Crippen LogP contribution in [0, 0.1) is 11.8 Å². The lowest BCUT2D eigenvalue weighted by Crippen LogP contribution is -2.25. The SMILES string of the molecule is FC1(F)OC[C@H]2CNC[C@H]2CO1. The van der Waals surface area contributed by atoms with Gasteiger partial charge in [-0.2, -0.15) is 0 Å². The fourth-order valence-corrected chi connectivity index (χ4v) is 1.63. The van der Waals surface area contributed by atoms with Gasteiger partial charge in [0.2, 0.25) is 0 Å². The van der Waals surface area contributed by atoms with Crippen LogP contribution in [0.5, 0.6) is 0 Å². The Morgan fingerprint density at radius 1 is 1.08 bits per heavy atom. The highest BCUT2D eigenvalue weighted by atomic mass is 19.3. The van der Waals surface area contributed by atoms with Crippen molar-refractivity contribution in [3.63, 3.8) is 0 Å². The fourth-order valence-electron chi connectivity index (χ4n) is 1.63. The molecule has 1 N–H and O–H groups in total. The Morgan fingerprint density at radius 2 is 1.58 bits per heavy atom. The van der Waals surface area contributed by atoms with Gasteiger partial charge >= 0.3 is 6.29 Å². The van der Waals surface area contributed by atoms with E-state index in [0.717, 1.165) is 13.1 Å². The van der Waals surface area contributed by atoms with Gasteiger partial charge in [0, 0.05) is 24.9 Å². The zero-order valence-corrected chi connectivity index (χ0v) is 6.56. The molecule has 0 aliphatic carbocycles. The Balaban J connectivity index is 1.99. The summed E-state index contributed by atoms with van der Waals surface area (Å²) in [6.45, 7) is 1.68. The normalized spacial score (nSPS) is 40.5. The van der Waals surface area contributed by atoms with Gasteiger partial charge in [-0.1, -0.05) is 0 Å². The van der Waals surface area contributed by atoms with Crippen molar-refractivity contribution >= 4 is 0 Å². The number of nitrogens with one attached hydrogen (secondary N) is 1. The highest BCUT2D eigenvalue weighted by Gasteiger charge is 2.41. The predicted molar refractivity (Wildman–Crippen MR) is 36.7 cm³/mol. The van der Waals surface area contributed by atoms with Gasteiger partial charge in [0.15, 0.2) is 0 Å². The molecule has 2 aliphatic rings. The molecule has 2 saturated heterocycles. The van der Waals surface area contributed by atoms with E-state index < -0.39 is 6.29 Å². The minimum atomic E-state index is -3.37. The topological polar surface area (TPSA) is 30.5 Å². The molecule has 0 bridgehead atoms. The van der Waals surface area contributed by atoms with E-state index in [4.69, 9.17) is 0 Å². The molecule has 0 unspecified atom stereocenters. The van der Waals surface area contributed by atoms with Gasteiger partial charge in [-0.05, 0) is 0 Å². The van der Waals surface area contributed by atoms with Crippen LogP contribution in [0.1, 0.15) is 0 Å². The number of fused-ring (bicyclic) bond motifs is 1. The molecule has 70 valence electrons. The van der Waals surface area contributed by atoms with Crippen LogP contribution in [-0.4, -0.2) is 32.6 Å². The summed E-state index contributed by atoms with van der Waals surface area (Å²) < 4.78 is 33.6. The van der Waals surface area contributed by atoms with E-state index in [0.29, 0.717) is 0 Å². The maximum atomic E-state index is 12.5. The lowest BCUT2D eigenvalue weighted by Gasteiger charge is -2.12. The molecule has 2 aliphatic heterocycles. The van der Waals surface area contributed by atoms with Crippen LogP contribution in [-0.2, 0) is 9.47 Å². The van der Waals surface area contributed by atoms with Crippen molar-refractivity contribution in [2.75, 3.05) is 26.3 Å². The average molecular weight is 179 g/mol. The maximum Gasteiger partial charge on any atom is 0.485 e. The third kappa shape index (κ3) is 1.57. The number of hydrogen-bond donors (Lipinski definition) is 1. The standard InChI is InChI=1S/C7H11F2NO2/c8-7(9)11-3-5-1-10-2-6(5)4-12-7/h5-6,10H,1-4H2/t5-,6+. The second-order valence-electron chi connectivity index (χ2n) is 3.26. The highest BCUT2D eigenvalue weighted by Crippen LogP contribution is 2.28. The maximum absolute atomic E-state index is 12.5. The van der Waals surface area contributed by atoms with E-state index in [9.17, 15) is 8.78 Å². The molecule has 3 nitrogen and oxygen atoms in total. The number of alkyl halides is 2. The fraction of sp³-hybridized carbons (Fsp3) is 1.00. The van der Waals surface area contributed by atoms with Crippen molar-refractivity contribution in [1.29, 1.82) is 0 Å². The van der Waals surface area contributed by atoms with E-state index in [-0.39, 0.29) is 25.0 Å². The summed E-state index contributed by atoms with van der Waals surface area (Å²) in [7, 11) is 0. The molecule has 2 heterocycles. The average Bonchev–Trinajstić information content (AvgIpc) is 2.40. The molecular weight excluding hydrogens is 168 g/mol. The Morgan fingerprint density at radius 3 is 2.08 bits per heavy atom. The molecular formula is C7H11F2NO2. The molecule has 0 amide bonds. The van der Waals surface area contributed by atoms with Crippen molar-refractivity contribution in [3.8, 4) is 0 Å². The van der Waals surface area contributed by atoms with E-state index >= 15 is 0 Å². The molecule has 0 aromatic carbocycles. The van der Waals surface area contributed by atoms with Gasteiger partial charge in [-0.3, -0.25) is 9.47 Å². The first kappa shape index (κ1) is 8.34. The number of hydrogen-bond acceptors (Lipinski definition) is 3. The monoisotopic (exact) mass is 179 g/mol. The van der Waals surface area contributed by atoms with Crippen LogP contribution >= 0.6 is 0 Å². The molecule has 12 heavy (non-hydrogen) atoms. The van der Waals surface area contributed by atoms with Gasteiger partial charge < -0.3 is 5.32 Å². The van der Waals surface area contributed by atoms with Crippen molar-refractivity contribution in [2.24, 2.45) is 11.8 Å². The first-order chi connectivity index (χ1) is 5.67. The van der Waals surface area contributed by atoms with Crippen LogP contribution in [0.2, 0.25) is 0 Å². The zero-order valence-electron chi connectivity index (χ0n) is 6.56. The van der Waals surface area contributed by atoms with Crippen molar-refractivity contribution < 1.29 is 18.3 Å². The Labute approximate surface area is 69.0 Å². The van der Waals surface area contributed by atoms with Gasteiger partial charge in [-0.15, -0.1) is 8.78 Å². The van der Waals surface area contributed by atoms with Crippen molar-refractivity contribution in [2.45, 2.75) is 6.29 Å². The van der Waals surface area contributed by atoms with Gasteiger partial charge in [0.25, 0.3) is 0 Å². The predicted octanol–water partition coefficient (Wildman–Crippen LogP) is 0.419. The number of rotatable bonds is 0. The van der Waals surface area contributed by atoms with E-state index in [2.05, 4.69) is 14.8 Å². The molecule has 2 atom stereocenters. The lowest BCUT2D eigenvalue weighted by atomic mass is 9.98. The molecule has 0 saturated carbocycles. The van der Waals surface area contributed by atoms with Crippen LogP contribution < -0.4 is 5.32 Å². The van der Waals surface area contributed by atoms with E-state index in [1.807, 2.05) is 0 Å². The Bertz CT molecular complexity index is 161. The molecule has 0 spiro atoms. The second kappa shape index (κ2) is 2.90. The highest BCUT2D eigenvalue weighted by molar-refractivity contribution is 4.82. The van der Waals surface area contributed by atoms with Gasteiger partial charge in [0.05, 0.1) is 13.2 Å². The van der Waals surface area contributed by atoms with Crippen LogP contribution in [0.3, 0.4) is 0 Å². The summed E-state index contributed by atoms with van der Waals surface area (Å²) in [6, 6.07) is 0. The second-order valence-corrected chi connectivity index (χ2v) is 3.26. The van der Waals surface area contributed by atoms with Crippen LogP contribution in [0.4, 0.5) is 8.78 Å². The summed E-state index contributed by atoms with van der Waals surface area (Å²) in [5.41, 5.74) is 0. The quantitative estimate of drug-likeness (QED) is 0.584. The summed E-state index contributed by atoms with van der Waals surface area (Å²) in [6.07, 6.45) is -3.37.